The molecule has 0 radical (unpaired) electrons. The molecule has 0 atom stereocenters. The standard InChI is InChI=1S/C13H18N2O3S2/c1-9-2-3-10(13(14)19)8-12(9)15-20(16,17)11-4-6-18-7-5-11/h2-3,8,11,15H,4-7H2,1H3,(H2,14,19). The van der Waals surface area contributed by atoms with Gasteiger partial charge in [-0.3, -0.25) is 4.72 Å². The van der Waals surface area contributed by atoms with Gasteiger partial charge in [0.05, 0.1) is 10.9 Å². The largest absolute Gasteiger partial charge is 0.389 e. The third-order valence-electron chi connectivity index (χ3n) is 3.38. The van der Waals surface area contributed by atoms with E-state index in [-0.39, 0.29) is 4.99 Å². The molecule has 0 amide bonds. The number of rotatable bonds is 4. The number of benzene rings is 1. The van der Waals surface area contributed by atoms with Crippen LogP contribution < -0.4 is 10.5 Å². The molecular weight excluding hydrogens is 296 g/mol. The van der Waals surface area contributed by atoms with Crippen molar-refractivity contribution in [1.82, 2.24) is 0 Å². The first-order valence-corrected chi connectivity index (χ1v) is 8.35. The summed E-state index contributed by atoms with van der Waals surface area (Å²) >= 11 is 4.92. The van der Waals surface area contributed by atoms with E-state index in [0.29, 0.717) is 37.3 Å². The van der Waals surface area contributed by atoms with Crippen LogP contribution >= 0.6 is 12.2 Å². The maximum Gasteiger partial charge on any atom is 0.235 e. The van der Waals surface area contributed by atoms with Crippen molar-refractivity contribution >= 4 is 32.9 Å². The minimum atomic E-state index is -3.42. The average molecular weight is 314 g/mol. The van der Waals surface area contributed by atoms with Crippen LogP contribution in [0.4, 0.5) is 5.69 Å². The number of anilines is 1. The third-order valence-corrected chi connectivity index (χ3v) is 5.47. The minimum Gasteiger partial charge on any atom is -0.389 e. The Morgan fingerprint density at radius 1 is 1.40 bits per heavy atom. The first kappa shape index (κ1) is 15.2. The topological polar surface area (TPSA) is 81.4 Å². The molecule has 1 heterocycles. The van der Waals surface area contributed by atoms with Crippen LogP contribution in [0.1, 0.15) is 24.0 Å². The van der Waals surface area contributed by atoms with E-state index in [4.69, 9.17) is 22.7 Å². The van der Waals surface area contributed by atoms with E-state index >= 15 is 0 Å². The van der Waals surface area contributed by atoms with Gasteiger partial charge in [0.25, 0.3) is 0 Å². The molecule has 1 aliphatic rings. The molecule has 1 aromatic carbocycles. The van der Waals surface area contributed by atoms with Crippen molar-refractivity contribution in [3.05, 3.63) is 29.3 Å². The Balaban J connectivity index is 2.24. The molecular formula is C13H18N2O3S2. The molecule has 20 heavy (non-hydrogen) atoms. The van der Waals surface area contributed by atoms with E-state index < -0.39 is 15.3 Å². The van der Waals surface area contributed by atoms with Crippen LogP contribution in [-0.4, -0.2) is 31.9 Å². The summed E-state index contributed by atoms with van der Waals surface area (Å²) in [5.41, 5.74) is 7.59. The summed E-state index contributed by atoms with van der Waals surface area (Å²) in [5.74, 6) is 0. The Kier molecular flexibility index (Phi) is 4.62. The predicted molar refractivity (Wildman–Crippen MR) is 83.4 cm³/mol. The molecule has 110 valence electrons. The van der Waals surface area contributed by atoms with Gasteiger partial charge in [0.1, 0.15) is 4.99 Å². The number of ether oxygens (including phenoxy) is 1. The second-order valence-electron chi connectivity index (χ2n) is 4.85. The minimum absolute atomic E-state index is 0.247. The average Bonchev–Trinajstić information content (AvgIpc) is 2.42. The molecule has 0 bridgehead atoms. The Morgan fingerprint density at radius 2 is 2.05 bits per heavy atom. The highest BCUT2D eigenvalue weighted by Crippen LogP contribution is 2.23. The van der Waals surface area contributed by atoms with Crippen molar-refractivity contribution in [2.45, 2.75) is 25.0 Å². The van der Waals surface area contributed by atoms with Crippen LogP contribution in [0, 0.1) is 6.92 Å². The van der Waals surface area contributed by atoms with Gasteiger partial charge in [-0.05, 0) is 31.4 Å². The smallest absolute Gasteiger partial charge is 0.235 e. The van der Waals surface area contributed by atoms with Crippen LogP contribution in [0.25, 0.3) is 0 Å². The monoisotopic (exact) mass is 314 g/mol. The highest BCUT2D eigenvalue weighted by molar-refractivity contribution is 7.93. The lowest BCUT2D eigenvalue weighted by Crippen LogP contribution is -2.33. The van der Waals surface area contributed by atoms with Gasteiger partial charge in [0.15, 0.2) is 0 Å². The lowest BCUT2D eigenvalue weighted by atomic mass is 10.1. The van der Waals surface area contributed by atoms with Gasteiger partial charge in [0.2, 0.25) is 10.0 Å². The molecule has 1 fully saturated rings. The van der Waals surface area contributed by atoms with E-state index in [1.54, 1.807) is 18.2 Å². The molecule has 2 rings (SSSR count). The number of hydrogen-bond acceptors (Lipinski definition) is 4. The lowest BCUT2D eigenvalue weighted by Gasteiger charge is -2.23. The maximum absolute atomic E-state index is 12.4. The number of sulfonamides is 1. The normalized spacial score (nSPS) is 16.9. The van der Waals surface area contributed by atoms with Gasteiger partial charge in [-0.2, -0.15) is 0 Å². The highest BCUT2D eigenvalue weighted by Gasteiger charge is 2.28. The summed E-state index contributed by atoms with van der Waals surface area (Å²) < 4.78 is 32.6. The molecule has 0 aliphatic carbocycles. The van der Waals surface area contributed by atoms with Crippen molar-refractivity contribution in [2.75, 3.05) is 17.9 Å². The van der Waals surface area contributed by atoms with Crippen molar-refractivity contribution in [3.63, 3.8) is 0 Å². The second-order valence-corrected chi connectivity index (χ2v) is 7.25. The summed E-state index contributed by atoms with van der Waals surface area (Å²) in [6, 6.07) is 5.26. The van der Waals surface area contributed by atoms with E-state index in [9.17, 15) is 8.42 Å². The molecule has 7 heteroatoms. The van der Waals surface area contributed by atoms with E-state index in [1.807, 2.05) is 6.92 Å². The zero-order valence-electron chi connectivity index (χ0n) is 11.3. The van der Waals surface area contributed by atoms with Crippen LogP contribution in [0.5, 0.6) is 0 Å². The maximum atomic E-state index is 12.4. The van der Waals surface area contributed by atoms with Crippen molar-refractivity contribution in [3.8, 4) is 0 Å². The zero-order valence-corrected chi connectivity index (χ0v) is 12.9. The number of thiocarbonyl (C=S) groups is 1. The summed E-state index contributed by atoms with van der Waals surface area (Å²) in [7, 11) is -3.42. The Morgan fingerprint density at radius 3 is 2.65 bits per heavy atom. The van der Waals surface area contributed by atoms with E-state index in [2.05, 4.69) is 4.72 Å². The fraction of sp³-hybridized carbons (Fsp3) is 0.462. The quantitative estimate of drug-likeness (QED) is 0.824. The molecule has 3 N–H and O–H groups in total. The summed E-state index contributed by atoms with van der Waals surface area (Å²) in [4.78, 5) is 0.247. The van der Waals surface area contributed by atoms with Gasteiger partial charge >= 0.3 is 0 Å². The second kappa shape index (κ2) is 6.07. The van der Waals surface area contributed by atoms with Gasteiger partial charge in [-0.25, -0.2) is 8.42 Å². The zero-order chi connectivity index (χ0) is 14.8. The molecule has 1 aromatic rings. The molecule has 0 unspecified atom stereocenters. The summed E-state index contributed by atoms with van der Waals surface area (Å²) in [6.07, 6.45) is 1.03. The van der Waals surface area contributed by atoms with Crippen LogP contribution in [0.3, 0.4) is 0 Å². The van der Waals surface area contributed by atoms with Crippen LogP contribution in [-0.2, 0) is 14.8 Å². The van der Waals surface area contributed by atoms with Crippen LogP contribution in [0.2, 0.25) is 0 Å². The van der Waals surface area contributed by atoms with Gasteiger partial charge in [-0.1, -0.05) is 24.4 Å². The number of hydrogen-bond donors (Lipinski definition) is 2. The molecule has 1 aliphatic heterocycles. The molecule has 1 saturated heterocycles. The molecule has 0 spiro atoms. The number of nitrogens with one attached hydrogen (secondary N) is 1. The SMILES string of the molecule is Cc1ccc(C(N)=S)cc1NS(=O)(=O)C1CCOCC1. The summed E-state index contributed by atoms with van der Waals surface area (Å²) in [6.45, 7) is 2.81. The first-order chi connectivity index (χ1) is 9.40. The summed E-state index contributed by atoms with van der Waals surface area (Å²) in [5, 5.41) is -0.413. The third kappa shape index (κ3) is 3.47. The highest BCUT2D eigenvalue weighted by atomic mass is 32.2. The first-order valence-electron chi connectivity index (χ1n) is 6.40. The van der Waals surface area contributed by atoms with Crippen LogP contribution in [0.15, 0.2) is 18.2 Å². The number of nitrogens with two attached hydrogens (primary N) is 1. The Bertz CT molecular complexity index is 608. The Hall–Kier alpha value is -1.18. The van der Waals surface area contributed by atoms with Gasteiger partial charge in [-0.15, -0.1) is 0 Å². The van der Waals surface area contributed by atoms with Gasteiger partial charge < -0.3 is 10.5 Å². The molecule has 5 nitrogen and oxygen atoms in total. The van der Waals surface area contributed by atoms with Crippen molar-refractivity contribution < 1.29 is 13.2 Å². The van der Waals surface area contributed by atoms with Gasteiger partial charge in [0, 0.05) is 18.8 Å². The predicted octanol–water partition coefficient (Wildman–Crippen LogP) is 1.55. The fourth-order valence-corrected chi connectivity index (χ4v) is 3.74. The lowest BCUT2D eigenvalue weighted by molar-refractivity contribution is 0.0984. The number of aryl methyl sites for hydroxylation is 1. The van der Waals surface area contributed by atoms with Crippen molar-refractivity contribution in [2.24, 2.45) is 5.73 Å². The van der Waals surface area contributed by atoms with Crippen molar-refractivity contribution in [1.29, 1.82) is 0 Å². The molecule has 0 aromatic heterocycles. The Labute approximate surface area is 124 Å². The van der Waals surface area contributed by atoms with E-state index in [1.165, 1.54) is 0 Å². The fourth-order valence-electron chi connectivity index (χ4n) is 2.11. The molecule has 0 saturated carbocycles. The van der Waals surface area contributed by atoms with E-state index in [0.717, 1.165) is 5.56 Å².